The first-order chi connectivity index (χ1) is 7.93. The van der Waals surface area contributed by atoms with Gasteiger partial charge in [-0.3, -0.25) is 14.9 Å². The Labute approximate surface area is 103 Å². The van der Waals surface area contributed by atoms with E-state index in [0.29, 0.717) is 10.1 Å². The number of hydrogen-bond acceptors (Lipinski definition) is 5. The summed E-state index contributed by atoms with van der Waals surface area (Å²) in [6.07, 6.45) is 0. The Hall–Kier alpha value is -1.96. The van der Waals surface area contributed by atoms with E-state index in [1.54, 1.807) is 6.07 Å². The third kappa shape index (κ3) is 1.66. The number of rotatable bonds is 1. The summed E-state index contributed by atoms with van der Waals surface area (Å²) in [4.78, 5) is 25.4. The lowest BCUT2D eigenvalue weighted by Gasteiger charge is -2.06. The van der Waals surface area contributed by atoms with Crippen molar-refractivity contribution in [3.8, 4) is 5.75 Å². The van der Waals surface area contributed by atoms with Crippen LogP contribution in [0.2, 0.25) is 0 Å². The van der Waals surface area contributed by atoms with Crippen molar-refractivity contribution in [2.24, 2.45) is 7.05 Å². The lowest BCUT2D eigenvalue weighted by Crippen LogP contribution is -2.20. The van der Waals surface area contributed by atoms with Crippen LogP contribution in [0.5, 0.6) is 5.75 Å². The quantitative estimate of drug-likeness (QED) is 0.486. The maximum atomic E-state index is 11.7. The first-order valence-electron chi connectivity index (χ1n) is 4.46. The Kier molecular flexibility index (Phi) is 2.58. The third-order valence-corrected chi connectivity index (χ3v) is 2.78. The van der Waals surface area contributed by atoms with Crippen LogP contribution >= 0.6 is 15.9 Å². The average molecular weight is 300 g/mol. The first-order valence-corrected chi connectivity index (χ1v) is 5.25. The van der Waals surface area contributed by atoms with Gasteiger partial charge in [-0.1, -0.05) is 0 Å². The summed E-state index contributed by atoms with van der Waals surface area (Å²) >= 11 is 3.09. The number of aryl methyl sites for hydroxylation is 1. The molecule has 88 valence electrons. The number of nitro groups is 1. The van der Waals surface area contributed by atoms with Crippen molar-refractivity contribution in [3.63, 3.8) is 0 Å². The zero-order valence-electron chi connectivity index (χ0n) is 8.55. The van der Waals surface area contributed by atoms with E-state index in [4.69, 9.17) is 0 Å². The van der Waals surface area contributed by atoms with Crippen LogP contribution in [0.4, 0.5) is 5.69 Å². The van der Waals surface area contributed by atoms with Crippen molar-refractivity contribution in [2.45, 2.75) is 0 Å². The van der Waals surface area contributed by atoms with Crippen LogP contribution in [0.15, 0.2) is 21.5 Å². The minimum absolute atomic E-state index is 0.00757. The Balaban J connectivity index is 3.06. The van der Waals surface area contributed by atoms with Crippen LogP contribution < -0.4 is 5.56 Å². The fourth-order valence-electron chi connectivity index (χ4n) is 1.52. The third-order valence-electron chi connectivity index (χ3n) is 2.34. The molecule has 0 fully saturated rings. The summed E-state index contributed by atoms with van der Waals surface area (Å²) in [5, 5.41) is 20.4. The SMILES string of the molecule is Cn1c(=O)c([N+](=O)[O-])c(O)c2nc(Br)ccc21. The maximum Gasteiger partial charge on any atom is 0.377 e. The van der Waals surface area contributed by atoms with Crippen molar-refractivity contribution in [1.82, 2.24) is 9.55 Å². The predicted octanol–water partition coefficient (Wildman–Crippen LogP) is 1.31. The second-order valence-corrected chi connectivity index (χ2v) is 4.13. The van der Waals surface area contributed by atoms with Crippen molar-refractivity contribution in [3.05, 3.63) is 37.2 Å². The summed E-state index contributed by atoms with van der Waals surface area (Å²) in [7, 11) is 1.38. The Bertz CT molecular complexity index is 695. The van der Waals surface area contributed by atoms with Crippen LogP contribution in [-0.2, 0) is 7.05 Å². The molecule has 1 N–H and O–H groups in total. The standard InChI is InChI=1S/C9H6BrN3O4/c1-12-4-2-3-5(10)11-6(4)8(14)7(9(12)15)13(16)17/h2-3,14H,1H3. The van der Waals surface area contributed by atoms with E-state index >= 15 is 0 Å². The minimum Gasteiger partial charge on any atom is -0.500 e. The fraction of sp³-hybridized carbons (Fsp3) is 0.111. The second-order valence-electron chi connectivity index (χ2n) is 3.32. The molecule has 0 aliphatic carbocycles. The number of nitrogens with zero attached hydrogens (tertiary/aromatic N) is 3. The van der Waals surface area contributed by atoms with Gasteiger partial charge in [0.1, 0.15) is 10.1 Å². The molecule has 2 aromatic rings. The predicted molar refractivity (Wildman–Crippen MR) is 63.0 cm³/mol. The molecule has 2 heterocycles. The molecule has 0 aliphatic rings. The number of pyridine rings is 2. The molecule has 0 saturated heterocycles. The first kappa shape index (κ1) is 11.5. The molecule has 7 nitrogen and oxygen atoms in total. The van der Waals surface area contributed by atoms with Crippen LogP contribution in [0, 0.1) is 10.1 Å². The number of hydrogen-bond donors (Lipinski definition) is 1. The summed E-state index contributed by atoms with van der Waals surface area (Å²) < 4.78 is 1.49. The van der Waals surface area contributed by atoms with E-state index in [-0.39, 0.29) is 5.52 Å². The van der Waals surface area contributed by atoms with Gasteiger partial charge >= 0.3 is 11.2 Å². The summed E-state index contributed by atoms with van der Waals surface area (Å²) in [6.45, 7) is 0. The maximum absolute atomic E-state index is 11.7. The van der Waals surface area contributed by atoms with Gasteiger partial charge < -0.3 is 9.67 Å². The molecule has 8 heteroatoms. The minimum atomic E-state index is -0.917. The number of fused-ring (bicyclic) bond motifs is 1. The number of aromatic nitrogens is 2. The zero-order valence-corrected chi connectivity index (χ0v) is 10.1. The van der Waals surface area contributed by atoms with Gasteiger partial charge in [0.2, 0.25) is 5.75 Å². The van der Waals surface area contributed by atoms with Gasteiger partial charge in [-0.25, -0.2) is 4.98 Å². The molecular formula is C9H6BrN3O4. The molecule has 0 radical (unpaired) electrons. The second kappa shape index (κ2) is 3.81. The van der Waals surface area contributed by atoms with Gasteiger partial charge in [0.15, 0.2) is 0 Å². The summed E-state index contributed by atoms with van der Waals surface area (Å²) in [6, 6.07) is 3.12. The van der Waals surface area contributed by atoms with Gasteiger partial charge in [0.25, 0.3) is 0 Å². The van der Waals surface area contributed by atoms with Crippen LogP contribution in [-0.4, -0.2) is 19.6 Å². The molecule has 17 heavy (non-hydrogen) atoms. The molecule has 0 aromatic carbocycles. The fourth-order valence-corrected chi connectivity index (χ4v) is 1.83. The van der Waals surface area contributed by atoms with Crippen LogP contribution in [0.1, 0.15) is 0 Å². The van der Waals surface area contributed by atoms with Gasteiger partial charge in [-0.15, -0.1) is 0 Å². The van der Waals surface area contributed by atoms with Crippen molar-refractivity contribution in [1.29, 1.82) is 0 Å². The highest BCUT2D eigenvalue weighted by molar-refractivity contribution is 9.10. The van der Waals surface area contributed by atoms with Gasteiger partial charge in [-0.05, 0) is 28.1 Å². The smallest absolute Gasteiger partial charge is 0.377 e. The molecule has 0 saturated carbocycles. The Morgan fingerprint density at radius 3 is 2.76 bits per heavy atom. The highest BCUT2D eigenvalue weighted by atomic mass is 79.9. The molecule has 0 bridgehead atoms. The van der Waals surface area contributed by atoms with Gasteiger partial charge in [0.05, 0.1) is 10.4 Å². The molecule has 0 amide bonds. The highest BCUT2D eigenvalue weighted by Gasteiger charge is 2.25. The number of aromatic hydroxyl groups is 1. The van der Waals surface area contributed by atoms with Gasteiger partial charge in [0, 0.05) is 7.05 Å². The molecule has 2 aromatic heterocycles. The largest absolute Gasteiger partial charge is 0.500 e. The number of halogens is 1. The van der Waals surface area contributed by atoms with Gasteiger partial charge in [-0.2, -0.15) is 0 Å². The monoisotopic (exact) mass is 299 g/mol. The van der Waals surface area contributed by atoms with E-state index < -0.39 is 21.9 Å². The van der Waals surface area contributed by atoms with Crippen LogP contribution in [0.3, 0.4) is 0 Å². The lowest BCUT2D eigenvalue weighted by atomic mass is 10.2. The highest BCUT2D eigenvalue weighted by Crippen LogP contribution is 2.29. The topological polar surface area (TPSA) is 98.3 Å². The Morgan fingerprint density at radius 1 is 1.53 bits per heavy atom. The molecule has 0 aliphatic heterocycles. The molecule has 2 rings (SSSR count). The molecule has 0 unspecified atom stereocenters. The van der Waals surface area contributed by atoms with E-state index in [9.17, 15) is 20.0 Å². The van der Waals surface area contributed by atoms with Crippen LogP contribution in [0.25, 0.3) is 11.0 Å². The van der Waals surface area contributed by atoms with E-state index in [0.717, 1.165) is 4.57 Å². The van der Waals surface area contributed by atoms with Crippen molar-refractivity contribution in [2.75, 3.05) is 0 Å². The molecule has 0 atom stereocenters. The van der Waals surface area contributed by atoms with E-state index in [1.807, 2.05) is 0 Å². The normalized spacial score (nSPS) is 10.7. The van der Waals surface area contributed by atoms with Crippen molar-refractivity contribution < 1.29 is 10.0 Å². The van der Waals surface area contributed by atoms with E-state index in [1.165, 1.54) is 13.1 Å². The van der Waals surface area contributed by atoms with E-state index in [2.05, 4.69) is 20.9 Å². The molecule has 0 spiro atoms. The lowest BCUT2D eigenvalue weighted by molar-refractivity contribution is -0.387. The average Bonchev–Trinajstić information content (AvgIpc) is 2.26. The summed E-state index contributed by atoms with van der Waals surface area (Å²) in [5.74, 6) is -0.714. The summed E-state index contributed by atoms with van der Waals surface area (Å²) in [5.41, 5.74) is -1.41. The van der Waals surface area contributed by atoms with Crippen molar-refractivity contribution >= 4 is 32.7 Å². The molecular weight excluding hydrogens is 294 g/mol. The Morgan fingerprint density at radius 2 is 2.18 bits per heavy atom. The zero-order chi connectivity index (χ0) is 12.7.